The van der Waals surface area contributed by atoms with Gasteiger partial charge in [0.1, 0.15) is 11.4 Å². The van der Waals surface area contributed by atoms with E-state index < -0.39 is 52.9 Å². The second kappa shape index (κ2) is 11.2. The monoisotopic (exact) mass is 581 g/mol. The third kappa shape index (κ3) is 6.53. The van der Waals surface area contributed by atoms with E-state index in [1.54, 1.807) is 18.2 Å². The minimum atomic E-state index is -5.12. The van der Waals surface area contributed by atoms with Gasteiger partial charge in [-0.05, 0) is 59.7 Å². The highest BCUT2D eigenvalue weighted by atomic mass is 35.5. The molecule has 12 heteroatoms. The number of halogens is 8. The summed E-state index contributed by atoms with van der Waals surface area (Å²) in [4.78, 5) is 17.4. The lowest BCUT2D eigenvalue weighted by Crippen LogP contribution is -2.51. The van der Waals surface area contributed by atoms with E-state index in [2.05, 4.69) is 15.6 Å². The lowest BCUT2D eigenvalue weighted by Gasteiger charge is -2.37. The van der Waals surface area contributed by atoms with E-state index in [-0.39, 0.29) is 16.4 Å². The molecular formula is C28H19ClF7N3O. The van der Waals surface area contributed by atoms with Crippen LogP contribution in [0.1, 0.15) is 27.9 Å². The Morgan fingerprint density at radius 2 is 1.52 bits per heavy atom. The summed E-state index contributed by atoms with van der Waals surface area (Å²) >= 11 is 5.96. The molecule has 0 aliphatic carbocycles. The van der Waals surface area contributed by atoms with Crippen molar-refractivity contribution in [3.8, 4) is 0 Å². The number of anilines is 1. The third-order valence-corrected chi connectivity index (χ3v) is 6.22. The molecule has 0 spiro atoms. The van der Waals surface area contributed by atoms with Crippen molar-refractivity contribution in [3.63, 3.8) is 0 Å². The van der Waals surface area contributed by atoms with Crippen molar-refractivity contribution in [1.29, 1.82) is 0 Å². The molecular weight excluding hydrogens is 563 g/mol. The van der Waals surface area contributed by atoms with Gasteiger partial charge in [-0.25, -0.2) is 9.18 Å². The van der Waals surface area contributed by atoms with Gasteiger partial charge in [0, 0.05) is 18.3 Å². The molecule has 0 bridgehead atoms. The Hall–Kier alpha value is -4.12. The fourth-order valence-electron chi connectivity index (χ4n) is 4.27. The fourth-order valence-corrected chi connectivity index (χ4v) is 4.38. The van der Waals surface area contributed by atoms with Gasteiger partial charge in [-0.2, -0.15) is 26.3 Å². The SMILES string of the molecule is O=C(Nc1cccc(F)c1)NC(Cc1ccccc1)(c1ccc(Cl)cn1)c1cc(C(F)(F)F)ccc1C(F)(F)F. The average Bonchev–Trinajstić information content (AvgIpc) is 2.88. The molecule has 0 aliphatic heterocycles. The topological polar surface area (TPSA) is 54.0 Å². The molecule has 3 aromatic carbocycles. The van der Waals surface area contributed by atoms with Crippen LogP contribution in [0.5, 0.6) is 0 Å². The van der Waals surface area contributed by atoms with Gasteiger partial charge in [0.25, 0.3) is 0 Å². The molecule has 1 heterocycles. The van der Waals surface area contributed by atoms with Gasteiger partial charge in [0.2, 0.25) is 0 Å². The van der Waals surface area contributed by atoms with E-state index in [9.17, 15) is 35.5 Å². The van der Waals surface area contributed by atoms with Gasteiger partial charge >= 0.3 is 18.4 Å². The molecule has 2 N–H and O–H groups in total. The standard InChI is InChI=1S/C28H19ClF7N3O/c29-19-10-12-24(37-16-19)26(15-17-5-2-1-3-6-17,39-25(40)38-21-8-4-7-20(30)14-21)23-13-18(27(31,32)33)9-11-22(23)28(34,35)36/h1-14,16H,15H2,(H2,38,39,40). The first-order valence-electron chi connectivity index (χ1n) is 11.6. The largest absolute Gasteiger partial charge is 0.416 e. The first kappa shape index (κ1) is 28.9. The zero-order valence-electron chi connectivity index (χ0n) is 20.2. The highest BCUT2D eigenvalue weighted by molar-refractivity contribution is 6.30. The number of nitrogens with zero attached hydrogens (tertiary/aromatic N) is 1. The van der Waals surface area contributed by atoms with Gasteiger partial charge in [-0.15, -0.1) is 0 Å². The summed E-state index contributed by atoms with van der Waals surface area (Å²) in [5.41, 5.74) is -5.89. The van der Waals surface area contributed by atoms with E-state index in [1.165, 1.54) is 36.4 Å². The summed E-state index contributed by atoms with van der Waals surface area (Å²) in [5.74, 6) is -0.704. The van der Waals surface area contributed by atoms with Crippen LogP contribution in [0.25, 0.3) is 0 Å². The maximum Gasteiger partial charge on any atom is 0.416 e. The van der Waals surface area contributed by atoms with Gasteiger partial charge < -0.3 is 10.6 Å². The number of amides is 2. The molecule has 208 valence electrons. The maximum absolute atomic E-state index is 14.4. The molecule has 1 aromatic heterocycles. The molecule has 0 saturated carbocycles. The normalized spacial score (nSPS) is 13.4. The van der Waals surface area contributed by atoms with Crippen LogP contribution in [0.3, 0.4) is 0 Å². The summed E-state index contributed by atoms with van der Waals surface area (Å²) in [6.45, 7) is 0. The van der Waals surface area contributed by atoms with Crippen LogP contribution < -0.4 is 10.6 Å². The Morgan fingerprint density at radius 3 is 2.12 bits per heavy atom. The van der Waals surface area contributed by atoms with Crippen LogP contribution in [-0.4, -0.2) is 11.0 Å². The number of carbonyl (C=O) groups excluding carboxylic acids is 1. The van der Waals surface area contributed by atoms with Gasteiger partial charge in [0.05, 0.1) is 21.8 Å². The molecule has 4 rings (SSSR count). The van der Waals surface area contributed by atoms with Crippen molar-refractivity contribution in [3.05, 3.63) is 130 Å². The van der Waals surface area contributed by atoms with Gasteiger partial charge in [0.15, 0.2) is 0 Å². The molecule has 0 radical (unpaired) electrons. The molecule has 40 heavy (non-hydrogen) atoms. The Kier molecular flexibility index (Phi) is 8.06. The molecule has 1 unspecified atom stereocenters. The third-order valence-electron chi connectivity index (χ3n) is 6.00. The first-order valence-corrected chi connectivity index (χ1v) is 12.0. The van der Waals surface area contributed by atoms with Gasteiger partial charge in [-0.1, -0.05) is 48.0 Å². The molecule has 0 fully saturated rings. The number of aromatic nitrogens is 1. The van der Waals surface area contributed by atoms with Crippen molar-refractivity contribution in [2.75, 3.05) is 5.32 Å². The second-order valence-corrected chi connectivity index (χ2v) is 9.21. The minimum absolute atomic E-state index is 0.0461. The van der Waals surface area contributed by atoms with Crippen molar-refractivity contribution in [1.82, 2.24) is 10.3 Å². The number of hydrogen-bond donors (Lipinski definition) is 2. The summed E-state index contributed by atoms with van der Waals surface area (Å²) in [5, 5.41) is 4.87. The number of rotatable bonds is 6. The van der Waals surface area contributed by atoms with Crippen molar-refractivity contribution in [2.45, 2.75) is 24.3 Å². The summed E-state index contributed by atoms with van der Waals surface area (Å²) < 4.78 is 98.2. The van der Waals surface area contributed by atoms with Crippen molar-refractivity contribution < 1.29 is 35.5 Å². The summed E-state index contributed by atoms with van der Waals surface area (Å²) in [6, 6.07) is 14.9. The summed E-state index contributed by atoms with van der Waals surface area (Å²) in [6.07, 6.45) is -9.46. The Bertz CT molecular complexity index is 1490. The van der Waals surface area contributed by atoms with E-state index in [1.807, 2.05) is 0 Å². The quantitative estimate of drug-likeness (QED) is 0.225. The zero-order chi connectivity index (χ0) is 29.1. The van der Waals surface area contributed by atoms with Crippen LogP contribution >= 0.6 is 11.6 Å². The number of urea groups is 1. The minimum Gasteiger partial charge on any atom is -0.322 e. The Labute approximate surface area is 228 Å². The van der Waals surface area contributed by atoms with Crippen molar-refractivity contribution >= 4 is 23.3 Å². The van der Waals surface area contributed by atoms with Crippen LogP contribution in [0.4, 0.5) is 41.2 Å². The number of benzene rings is 3. The van der Waals surface area contributed by atoms with Gasteiger partial charge in [-0.3, -0.25) is 4.98 Å². The highest BCUT2D eigenvalue weighted by Gasteiger charge is 2.46. The number of nitrogens with one attached hydrogen (secondary N) is 2. The molecule has 2 amide bonds. The average molecular weight is 582 g/mol. The first-order chi connectivity index (χ1) is 18.8. The number of hydrogen-bond acceptors (Lipinski definition) is 2. The smallest absolute Gasteiger partial charge is 0.322 e. The lowest BCUT2D eigenvalue weighted by molar-refractivity contribution is -0.142. The Morgan fingerprint density at radius 1 is 0.800 bits per heavy atom. The second-order valence-electron chi connectivity index (χ2n) is 8.77. The number of pyridine rings is 1. The maximum atomic E-state index is 14.4. The molecule has 0 aliphatic rings. The van der Waals surface area contributed by atoms with Crippen LogP contribution in [0, 0.1) is 5.82 Å². The van der Waals surface area contributed by atoms with Crippen LogP contribution in [0.15, 0.2) is 91.1 Å². The molecule has 4 aromatic rings. The van der Waals surface area contributed by atoms with E-state index in [0.717, 1.165) is 18.3 Å². The number of carbonyl (C=O) groups is 1. The predicted octanol–water partition coefficient (Wildman–Crippen LogP) is 8.22. The molecule has 1 atom stereocenters. The Balaban J connectivity index is 2.01. The highest BCUT2D eigenvalue weighted by Crippen LogP contribution is 2.44. The van der Waals surface area contributed by atoms with E-state index >= 15 is 0 Å². The van der Waals surface area contributed by atoms with E-state index in [0.29, 0.717) is 23.8 Å². The molecule has 4 nitrogen and oxygen atoms in total. The zero-order valence-corrected chi connectivity index (χ0v) is 21.0. The predicted molar refractivity (Wildman–Crippen MR) is 135 cm³/mol. The summed E-state index contributed by atoms with van der Waals surface area (Å²) in [7, 11) is 0. The number of alkyl halides is 6. The van der Waals surface area contributed by atoms with E-state index in [4.69, 9.17) is 11.6 Å². The van der Waals surface area contributed by atoms with Crippen LogP contribution in [-0.2, 0) is 24.3 Å². The van der Waals surface area contributed by atoms with Crippen LogP contribution in [0.2, 0.25) is 5.02 Å². The van der Waals surface area contributed by atoms with Crippen molar-refractivity contribution in [2.24, 2.45) is 0 Å². The fraction of sp³-hybridized carbons (Fsp3) is 0.143. The lowest BCUT2D eigenvalue weighted by atomic mass is 9.77. The molecule has 0 saturated heterocycles.